The van der Waals surface area contributed by atoms with Gasteiger partial charge in [0.25, 0.3) is 0 Å². The average Bonchev–Trinajstić information content (AvgIpc) is 2.61. The number of carbonyl (C=O) groups is 2. The van der Waals surface area contributed by atoms with Gasteiger partial charge in [0.15, 0.2) is 0 Å². The van der Waals surface area contributed by atoms with E-state index in [0.717, 1.165) is 29.9 Å². The number of benzene rings is 2. The molecular formula is C20H23N3O2. The molecule has 0 saturated carbocycles. The van der Waals surface area contributed by atoms with Crippen molar-refractivity contribution in [3.63, 3.8) is 0 Å². The molecule has 0 aliphatic carbocycles. The second-order valence-corrected chi connectivity index (χ2v) is 6.59. The first-order chi connectivity index (χ1) is 12.0. The Morgan fingerprint density at radius 3 is 2.40 bits per heavy atom. The Hall–Kier alpha value is -2.82. The van der Waals surface area contributed by atoms with Crippen LogP contribution >= 0.6 is 0 Å². The smallest absolute Gasteiger partial charge is 0.323 e. The van der Waals surface area contributed by atoms with Crippen molar-refractivity contribution in [1.29, 1.82) is 0 Å². The molecule has 1 heterocycles. The number of rotatable bonds is 3. The molecule has 0 radical (unpaired) electrons. The number of nitrogens with one attached hydrogen (secondary N) is 2. The van der Waals surface area contributed by atoms with Gasteiger partial charge in [-0.1, -0.05) is 38.1 Å². The normalized spacial score (nSPS) is 13.3. The van der Waals surface area contributed by atoms with E-state index in [1.54, 1.807) is 0 Å². The van der Waals surface area contributed by atoms with Crippen LogP contribution in [0.3, 0.4) is 0 Å². The fourth-order valence-electron chi connectivity index (χ4n) is 3.00. The fraction of sp³-hybridized carbons (Fsp3) is 0.300. The van der Waals surface area contributed by atoms with Crippen LogP contribution < -0.4 is 10.6 Å². The van der Waals surface area contributed by atoms with Crippen molar-refractivity contribution < 1.29 is 9.59 Å². The van der Waals surface area contributed by atoms with Gasteiger partial charge in [-0.25, -0.2) is 4.79 Å². The van der Waals surface area contributed by atoms with E-state index in [9.17, 15) is 9.59 Å². The molecule has 0 aromatic heterocycles. The molecule has 5 nitrogen and oxygen atoms in total. The van der Waals surface area contributed by atoms with E-state index < -0.39 is 0 Å². The van der Waals surface area contributed by atoms with Crippen LogP contribution in [0.25, 0.3) is 0 Å². The van der Waals surface area contributed by atoms with Crippen molar-refractivity contribution in [3.8, 4) is 0 Å². The Balaban J connectivity index is 1.68. The minimum atomic E-state index is -0.280. The van der Waals surface area contributed by atoms with Crippen LogP contribution in [0.15, 0.2) is 48.5 Å². The van der Waals surface area contributed by atoms with E-state index >= 15 is 0 Å². The molecule has 0 saturated heterocycles. The second-order valence-electron chi connectivity index (χ2n) is 6.59. The Morgan fingerprint density at radius 1 is 0.960 bits per heavy atom. The highest BCUT2D eigenvalue weighted by molar-refractivity contribution is 5.99. The summed E-state index contributed by atoms with van der Waals surface area (Å²) >= 11 is 0. The maximum Gasteiger partial charge on any atom is 0.323 e. The minimum Gasteiger partial charge on any atom is -0.338 e. The van der Waals surface area contributed by atoms with E-state index in [1.165, 1.54) is 5.56 Å². The molecular weight excluding hydrogens is 314 g/mol. The first-order valence-electron chi connectivity index (χ1n) is 8.56. The molecule has 2 N–H and O–H groups in total. The zero-order chi connectivity index (χ0) is 17.8. The summed E-state index contributed by atoms with van der Waals surface area (Å²) in [6.45, 7) is 5.20. The van der Waals surface area contributed by atoms with Crippen LogP contribution in [0.5, 0.6) is 0 Å². The topological polar surface area (TPSA) is 61.4 Å². The number of urea groups is 1. The molecule has 2 aromatic carbocycles. The summed E-state index contributed by atoms with van der Waals surface area (Å²) in [7, 11) is 0. The van der Waals surface area contributed by atoms with Crippen LogP contribution in [-0.2, 0) is 17.8 Å². The summed E-state index contributed by atoms with van der Waals surface area (Å²) in [5.74, 6) is 0.172. The molecule has 0 atom stereocenters. The highest BCUT2D eigenvalue weighted by atomic mass is 16.2. The Morgan fingerprint density at radius 2 is 1.68 bits per heavy atom. The third kappa shape index (κ3) is 4.18. The zero-order valence-electron chi connectivity index (χ0n) is 14.6. The molecule has 0 spiro atoms. The summed E-state index contributed by atoms with van der Waals surface area (Å²) in [5, 5.41) is 5.65. The fourth-order valence-corrected chi connectivity index (χ4v) is 3.00. The molecule has 1 aliphatic rings. The SMILES string of the molecule is CC(C)C(=O)N1CCc2ccc(NC(=O)Nc3ccccc3)cc2C1. The minimum absolute atomic E-state index is 0.000456. The first-order valence-corrected chi connectivity index (χ1v) is 8.56. The Kier molecular flexibility index (Phi) is 5.03. The van der Waals surface area contributed by atoms with Gasteiger partial charge >= 0.3 is 6.03 Å². The molecule has 5 heteroatoms. The second kappa shape index (κ2) is 7.38. The lowest BCUT2D eigenvalue weighted by Crippen LogP contribution is -2.38. The molecule has 2 aromatic rings. The van der Waals surface area contributed by atoms with Gasteiger partial charge in [0.05, 0.1) is 0 Å². The zero-order valence-corrected chi connectivity index (χ0v) is 14.6. The summed E-state index contributed by atoms with van der Waals surface area (Å²) in [6.07, 6.45) is 0.851. The highest BCUT2D eigenvalue weighted by Gasteiger charge is 2.22. The first kappa shape index (κ1) is 17.0. The lowest BCUT2D eigenvalue weighted by Gasteiger charge is -2.30. The van der Waals surface area contributed by atoms with Crippen molar-refractivity contribution in [1.82, 2.24) is 4.90 Å². The predicted octanol–water partition coefficient (Wildman–Crippen LogP) is 3.87. The van der Waals surface area contributed by atoms with Gasteiger partial charge in [-0.05, 0) is 41.8 Å². The van der Waals surface area contributed by atoms with Gasteiger partial charge in [-0.15, -0.1) is 0 Å². The highest BCUT2D eigenvalue weighted by Crippen LogP contribution is 2.24. The maximum absolute atomic E-state index is 12.2. The largest absolute Gasteiger partial charge is 0.338 e. The van der Waals surface area contributed by atoms with Gasteiger partial charge in [0, 0.05) is 30.4 Å². The lowest BCUT2D eigenvalue weighted by atomic mass is 9.98. The van der Waals surface area contributed by atoms with E-state index in [2.05, 4.69) is 10.6 Å². The number of para-hydroxylation sites is 1. The third-order valence-corrected chi connectivity index (χ3v) is 4.31. The van der Waals surface area contributed by atoms with Crippen molar-refractivity contribution in [2.75, 3.05) is 17.2 Å². The summed E-state index contributed by atoms with van der Waals surface area (Å²) < 4.78 is 0. The van der Waals surface area contributed by atoms with Crippen LogP contribution in [-0.4, -0.2) is 23.4 Å². The van der Waals surface area contributed by atoms with Crippen LogP contribution in [0.4, 0.5) is 16.2 Å². The standard InChI is InChI=1S/C20H23N3O2/c1-14(2)19(24)23-11-10-15-8-9-18(12-16(15)13-23)22-20(25)21-17-6-4-3-5-7-17/h3-9,12,14H,10-11,13H2,1-2H3,(H2,21,22,25). The number of hydrogen-bond donors (Lipinski definition) is 2. The molecule has 3 rings (SSSR count). The number of nitrogens with zero attached hydrogens (tertiary/aromatic N) is 1. The van der Waals surface area contributed by atoms with Gasteiger partial charge in [0.2, 0.25) is 5.91 Å². The van der Waals surface area contributed by atoms with Crippen LogP contribution in [0.2, 0.25) is 0 Å². The molecule has 3 amide bonds. The molecule has 0 fully saturated rings. The number of hydrogen-bond acceptors (Lipinski definition) is 2. The lowest BCUT2D eigenvalue weighted by molar-refractivity contribution is -0.135. The Bertz CT molecular complexity index is 772. The Labute approximate surface area is 148 Å². The summed E-state index contributed by atoms with van der Waals surface area (Å²) in [6, 6.07) is 14.9. The van der Waals surface area contributed by atoms with E-state index in [0.29, 0.717) is 6.54 Å². The molecule has 130 valence electrons. The summed E-state index contributed by atoms with van der Waals surface area (Å²) in [5.41, 5.74) is 3.80. The van der Waals surface area contributed by atoms with E-state index in [-0.39, 0.29) is 17.9 Å². The van der Waals surface area contributed by atoms with Crippen molar-refractivity contribution in [2.45, 2.75) is 26.8 Å². The van der Waals surface area contributed by atoms with Crippen molar-refractivity contribution in [2.24, 2.45) is 5.92 Å². The van der Waals surface area contributed by atoms with Gasteiger partial charge < -0.3 is 15.5 Å². The monoisotopic (exact) mass is 337 g/mol. The maximum atomic E-state index is 12.2. The van der Waals surface area contributed by atoms with E-state index in [1.807, 2.05) is 67.3 Å². The molecule has 0 bridgehead atoms. The average molecular weight is 337 g/mol. The van der Waals surface area contributed by atoms with Gasteiger partial charge in [-0.2, -0.15) is 0 Å². The number of amides is 3. The van der Waals surface area contributed by atoms with Crippen LogP contribution in [0, 0.1) is 5.92 Å². The van der Waals surface area contributed by atoms with Crippen LogP contribution in [0.1, 0.15) is 25.0 Å². The van der Waals surface area contributed by atoms with Gasteiger partial charge in [0.1, 0.15) is 0 Å². The molecule has 0 unspecified atom stereocenters. The number of fused-ring (bicyclic) bond motifs is 1. The molecule has 25 heavy (non-hydrogen) atoms. The number of carbonyl (C=O) groups excluding carboxylic acids is 2. The van der Waals surface area contributed by atoms with E-state index in [4.69, 9.17) is 0 Å². The van der Waals surface area contributed by atoms with Crippen molar-refractivity contribution >= 4 is 23.3 Å². The summed E-state index contributed by atoms with van der Waals surface area (Å²) in [4.78, 5) is 26.2. The van der Waals surface area contributed by atoms with Gasteiger partial charge in [-0.3, -0.25) is 4.79 Å². The predicted molar refractivity (Wildman–Crippen MR) is 99.5 cm³/mol. The molecule has 1 aliphatic heterocycles. The van der Waals surface area contributed by atoms with Crippen molar-refractivity contribution in [3.05, 3.63) is 59.7 Å². The number of anilines is 2. The quantitative estimate of drug-likeness (QED) is 0.893. The third-order valence-electron chi connectivity index (χ3n) is 4.31.